The number of aromatic amines is 1. The number of piperazine rings is 1. The Kier molecular flexibility index (Phi) is 7.17. The van der Waals surface area contributed by atoms with Gasteiger partial charge in [0.1, 0.15) is 23.3 Å². The predicted molar refractivity (Wildman–Crippen MR) is 126 cm³/mol. The number of aliphatic hydroxyl groups excluding tert-OH is 1. The Balaban J connectivity index is 1.30. The fourth-order valence-electron chi connectivity index (χ4n) is 3.98. The zero-order valence-electron chi connectivity index (χ0n) is 19.1. The number of nitrogens with zero attached hydrogens (tertiary/aromatic N) is 3. The van der Waals surface area contributed by atoms with Crippen molar-refractivity contribution in [1.82, 2.24) is 19.2 Å². The van der Waals surface area contributed by atoms with E-state index >= 15 is 0 Å². The molecule has 1 fully saturated rings. The lowest BCUT2D eigenvalue weighted by Gasteiger charge is -2.34. The van der Waals surface area contributed by atoms with Crippen LogP contribution in [-0.4, -0.2) is 91.0 Å². The summed E-state index contributed by atoms with van der Waals surface area (Å²) in [4.78, 5) is 20.8. The Morgan fingerprint density at radius 1 is 1.21 bits per heavy atom. The number of carbonyl (C=O) groups is 1. The first kappa shape index (κ1) is 24.1. The van der Waals surface area contributed by atoms with Crippen molar-refractivity contribution in [1.29, 1.82) is 0 Å². The van der Waals surface area contributed by atoms with E-state index in [1.165, 1.54) is 24.5 Å². The number of ether oxygens (including phenoxy) is 2. The predicted octanol–water partition coefficient (Wildman–Crippen LogP) is 1.52. The third-order valence-corrected chi connectivity index (χ3v) is 7.77. The number of hydrogen-bond donors (Lipinski definition) is 2. The Morgan fingerprint density at radius 3 is 2.68 bits per heavy atom. The van der Waals surface area contributed by atoms with Gasteiger partial charge in [-0.1, -0.05) is 0 Å². The SMILES string of the molecule is COc1cc(C(C)=O)ccc1OCC(O)CN1CCN(S(=O)(=O)c2c[nH]c3ncccc23)CC1. The number of fused-ring (bicyclic) bond motifs is 1. The topological polar surface area (TPSA) is 125 Å². The largest absolute Gasteiger partial charge is 0.493 e. The number of ketones is 1. The summed E-state index contributed by atoms with van der Waals surface area (Å²) in [6.45, 7) is 3.49. The summed E-state index contributed by atoms with van der Waals surface area (Å²) in [5.41, 5.74) is 1.05. The van der Waals surface area contributed by atoms with E-state index in [0.29, 0.717) is 60.8 Å². The molecule has 0 aliphatic carbocycles. The third-order valence-electron chi connectivity index (χ3n) is 5.83. The first-order valence-electron chi connectivity index (χ1n) is 10.9. The molecule has 1 unspecified atom stereocenters. The van der Waals surface area contributed by atoms with Gasteiger partial charge in [0, 0.05) is 56.1 Å². The molecule has 2 N–H and O–H groups in total. The van der Waals surface area contributed by atoms with Gasteiger partial charge < -0.3 is 19.6 Å². The van der Waals surface area contributed by atoms with E-state index in [4.69, 9.17) is 9.47 Å². The van der Waals surface area contributed by atoms with Gasteiger partial charge >= 0.3 is 0 Å². The molecule has 4 rings (SSSR count). The van der Waals surface area contributed by atoms with Crippen LogP contribution in [0.25, 0.3) is 11.0 Å². The van der Waals surface area contributed by atoms with Crippen molar-refractivity contribution in [3.05, 3.63) is 48.3 Å². The van der Waals surface area contributed by atoms with Crippen molar-refractivity contribution in [2.24, 2.45) is 0 Å². The number of aliphatic hydroxyl groups is 1. The number of methoxy groups -OCH3 is 1. The fourth-order valence-corrected chi connectivity index (χ4v) is 5.55. The standard InChI is InChI=1S/C23H28N4O6S/c1-16(28)17-5-6-20(21(12-17)32-2)33-15-18(29)14-26-8-10-27(11-9-26)34(30,31)22-13-25-23-19(22)4-3-7-24-23/h3-7,12-13,18,29H,8-11,14-15H2,1-2H3,(H,24,25). The van der Waals surface area contributed by atoms with E-state index in [9.17, 15) is 18.3 Å². The maximum Gasteiger partial charge on any atom is 0.245 e. The fraction of sp³-hybridized carbons (Fsp3) is 0.391. The molecule has 1 aliphatic rings. The number of β-amino-alcohol motifs (C(OH)–C–C–N with tert-alkyl or cyclic N) is 1. The van der Waals surface area contributed by atoms with Crippen LogP contribution in [0.3, 0.4) is 0 Å². The van der Waals surface area contributed by atoms with Gasteiger partial charge in [0.05, 0.1) is 7.11 Å². The van der Waals surface area contributed by atoms with Gasteiger partial charge in [-0.25, -0.2) is 13.4 Å². The average molecular weight is 489 g/mol. The number of nitrogens with one attached hydrogen (secondary N) is 1. The van der Waals surface area contributed by atoms with Gasteiger partial charge in [0.15, 0.2) is 17.3 Å². The normalized spacial score (nSPS) is 16.4. The number of sulfonamides is 1. The molecule has 0 spiro atoms. The number of Topliss-reactive ketones (excluding diaryl/α,β-unsaturated/α-hetero) is 1. The maximum absolute atomic E-state index is 13.1. The van der Waals surface area contributed by atoms with Gasteiger partial charge in [-0.3, -0.25) is 9.69 Å². The summed E-state index contributed by atoms with van der Waals surface area (Å²) >= 11 is 0. The minimum Gasteiger partial charge on any atom is -0.493 e. The number of hydrogen-bond acceptors (Lipinski definition) is 8. The number of rotatable bonds is 9. The molecule has 1 atom stereocenters. The summed E-state index contributed by atoms with van der Waals surface area (Å²) in [6.07, 6.45) is 2.32. The molecule has 34 heavy (non-hydrogen) atoms. The van der Waals surface area contributed by atoms with Crippen LogP contribution in [0.2, 0.25) is 0 Å². The summed E-state index contributed by atoms with van der Waals surface area (Å²) in [5.74, 6) is 0.786. The van der Waals surface area contributed by atoms with Crippen molar-refractivity contribution >= 4 is 26.8 Å². The second kappa shape index (κ2) is 10.1. The first-order valence-corrected chi connectivity index (χ1v) is 12.4. The molecule has 1 saturated heterocycles. The monoisotopic (exact) mass is 488 g/mol. The van der Waals surface area contributed by atoms with E-state index in [1.54, 1.807) is 36.5 Å². The van der Waals surface area contributed by atoms with E-state index in [-0.39, 0.29) is 17.3 Å². The second-order valence-electron chi connectivity index (χ2n) is 8.14. The second-order valence-corrected chi connectivity index (χ2v) is 10.1. The van der Waals surface area contributed by atoms with Crippen LogP contribution in [-0.2, 0) is 10.0 Å². The van der Waals surface area contributed by atoms with Crippen LogP contribution in [0.1, 0.15) is 17.3 Å². The molecule has 3 aromatic rings. The first-order chi connectivity index (χ1) is 16.3. The quantitative estimate of drug-likeness (QED) is 0.435. The van der Waals surface area contributed by atoms with Crippen LogP contribution in [0.15, 0.2) is 47.6 Å². The van der Waals surface area contributed by atoms with Crippen molar-refractivity contribution < 1.29 is 27.8 Å². The van der Waals surface area contributed by atoms with Crippen molar-refractivity contribution in [2.45, 2.75) is 17.9 Å². The van der Waals surface area contributed by atoms with Crippen LogP contribution in [0.4, 0.5) is 0 Å². The minimum atomic E-state index is -3.65. The number of pyridine rings is 1. The summed E-state index contributed by atoms with van der Waals surface area (Å²) < 4.78 is 38.7. The van der Waals surface area contributed by atoms with Gasteiger partial charge in [0.25, 0.3) is 0 Å². The van der Waals surface area contributed by atoms with Crippen LogP contribution in [0, 0.1) is 0 Å². The highest BCUT2D eigenvalue weighted by molar-refractivity contribution is 7.89. The van der Waals surface area contributed by atoms with Crippen molar-refractivity contribution in [3.8, 4) is 11.5 Å². The Hall–Kier alpha value is -2.99. The van der Waals surface area contributed by atoms with Crippen molar-refractivity contribution in [2.75, 3.05) is 46.4 Å². The molecule has 0 radical (unpaired) electrons. The lowest BCUT2D eigenvalue weighted by Crippen LogP contribution is -2.50. The summed E-state index contributed by atoms with van der Waals surface area (Å²) in [7, 11) is -2.16. The minimum absolute atomic E-state index is 0.0383. The molecule has 2 aromatic heterocycles. The van der Waals surface area contributed by atoms with E-state index < -0.39 is 16.1 Å². The van der Waals surface area contributed by atoms with E-state index in [1.807, 2.05) is 4.90 Å². The highest BCUT2D eigenvalue weighted by Crippen LogP contribution is 2.29. The van der Waals surface area contributed by atoms with Gasteiger partial charge in [0.2, 0.25) is 10.0 Å². The molecule has 10 nitrogen and oxygen atoms in total. The number of aromatic nitrogens is 2. The van der Waals surface area contributed by atoms with E-state index in [0.717, 1.165) is 0 Å². The average Bonchev–Trinajstić information content (AvgIpc) is 3.28. The molecular formula is C23H28N4O6S. The summed E-state index contributed by atoms with van der Waals surface area (Å²) in [6, 6.07) is 8.35. The lowest BCUT2D eigenvalue weighted by molar-refractivity contribution is 0.0561. The van der Waals surface area contributed by atoms with Gasteiger partial charge in [-0.2, -0.15) is 4.31 Å². The number of H-pyrrole nitrogens is 1. The molecule has 1 aliphatic heterocycles. The Morgan fingerprint density at radius 2 is 1.97 bits per heavy atom. The number of benzene rings is 1. The summed E-state index contributed by atoms with van der Waals surface area (Å²) in [5, 5.41) is 11.0. The molecule has 3 heterocycles. The molecule has 182 valence electrons. The zero-order valence-corrected chi connectivity index (χ0v) is 19.9. The smallest absolute Gasteiger partial charge is 0.245 e. The molecule has 11 heteroatoms. The number of carbonyl (C=O) groups excluding carboxylic acids is 1. The Bertz CT molecular complexity index is 1270. The van der Waals surface area contributed by atoms with Crippen LogP contribution < -0.4 is 9.47 Å². The third kappa shape index (κ3) is 5.07. The lowest BCUT2D eigenvalue weighted by atomic mass is 10.1. The Labute approximate surface area is 198 Å². The highest BCUT2D eigenvalue weighted by atomic mass is 32.2. The van der Waals surface area contributed by atoms with Gasteiger partial charge in [-0.05, 0) is 37.3 Å². The van der Waals surface area contributed by atoms with Gasteiger partial charge in [-0.15, -0.1) is 0 Å². The van der Waals surface area contributed by atoms with Crippen LogP contribution in [0.5, 0.6) is 11.5 Å². The maximum atomic E-state index is 13.1. The van der Waals surface area contributed by atoms with Crippen molar-refractivity contribution in [3.63, 3.8) is 0 Å². The van der Waals surface area contributed by atoms with Crippen LogP contribution >= 0.6 is 0 Å². The molecule has 0 bridgehead atoms. The molecule has 1 aromatic carbocycles. The highest BCUT2D eigenvalue weighted by Gasteiger charge is 2.31. The zero-order chi connectivity index (χ0) is 24.3. The molecule has 0 amide bonds. The molecular weight excluding hydrogens is 460 g/mol. The molecule has 0 saturated carbocycles. The van der Waals surface area contributed by atoms with E-state index in [2.05, 4.69) is 9.97 Å².